The molecule has 0 spiro atoms. The minimum absolute atomic E-state index is 0.424. The minimum atomic E-state index is -1.09. The monoisotopic (exact) mass is 194 g/mol. The summed E-state index contributed by atoms with van der Waals surface area (Å²) < 4.78 is 0. The summed E-state index contributed by atoms with van der Waals surface area (Å²) >= 11 is 0. The molecule has 0 radical (unpaired) electrons. The van der Waals surface area contributed by atoms with E-state index in [4.69, 9.17) is 5.11 Å². The van der Waals surface area contributed by atoms with E-state index in [0.29, 0.717) is 5.69 Å². The van der Waals surface area contributed by atoms with Crippen LogP contribution in [-0.4, -0.2) is 17.6 Å². The van der Waals surface area contributed by atoms with Crippen molar-refractivity contribution in [1.29, 1.82) is 0 Å². The molecule has 0 saturated heterocycles. The normalized spacial score (nSPS) is 9.50. The zero-order valence-corrected chi connectivity index (χ0v) is 7.67. The van der Waals surface area contributed by atoms with E-state index in [2.05, 4.69) is 5.29 Å². The second kappa shape index (κ2) is 4.36. The van der Waals surface area contributed by atoms with Gasteiger partial charge in [-0.3, -0.25) is 4.79 Å². The predicted molar refractivity (Wildman–Crippen MR) is 52.0 cm³/mol. The summed E-state index contributed by atoms with van der Waals surface area (Å²) in [5.41, 5.74) is 1.52. The van der Waals surface area contributed by atoms with Crippen LogP contribution in [0.3, 0.4) is 0 Å². The van der Waals surface area contributed by atoms with Crippen molar-refractivity contribution in [2.24, 2.45) is 5.29 Å². The number of carboxylic acid groups (broad SMARTS) is 1. The van der Waals surface area contributed by atoms with Crippen LogP contribution in [0.5, 0.6) is 0 Å². The molecule has 0 saturated carbocycles. The summed E-state index contributed by atoms with van der Waals surface area (Å²) in [6, 6.07) is 6.88. The number of hydrogen-bond acceptors (Lipinski definition) is 3. The maximum absolute atomic E-state index is 10.4. The van der Waals surface area contributed by atoms with Crippen molar-refractivity contribution in [2.45, 2.75) is 6.92 Å². The van der Waals surface area contributed by atoms with Crippen molar-refractivity contribution < 1.29 is 9.90 Å². The molecule has 74 valence electrons. The fourth-order valence-corrected chi connectivity index (χ4v) is 1.01. The van der Waals surface area contributed by atoms with Gasteiger partial charge in [-0.25, -0.2) is 5.01 Å². The predicted octanol–water partition coefficient (Wildman–Crippen LogP) is 1.57. The van der Waals surface area contributed by atoms with Crippen molar-refractivity contribution in [3.05, 3.63) is 34.7 Å². The van der Waals surface area contributed by atoms with Crippen LogP contribution < -0.4 is 5.01 Å². The van der Waals surface area contributed by atoms with Gasteiger partial charge in [0.1, 0.15) is 6.54 Å². The van der Waals surface area contributed by atoms with E-state index in [1.807, 2.05) is 6.92 Å². The van der Waals surface area contributed by atoms with Crippen LogP contribution in [0, 0.1) is 11.8 Å². The number of carbonyl (C=O) groups is 1. The summed E-state index contributed by atoms with van der Waals surface area (Å²) in [5.74, 6) is -1.09. The molecule has 5 nitrogen and oxygen atoms in total. The lowest BCUT2D eigenvalue weighted by atomic mass is 10.2. The Morgan fingerprint density at radius 2 is 2.00 bits per heavy atom. The molecule has 14 heavy (non-hydrogen) atoms. The fraction of sp³-hybridized carbons (Fsp3) is 0.222. The number of nitrogens with zero attached hydrogens (tertiary/aromatic N) is 2. The van der Waals surface area contributed by atoms with Gasteiger partial charge in [-0.05, 0) is 19.1 Å². The lowest BCUT2D eigenvalue weighted by molar-refractivity contribution is -0.135. The van der Waals surface area contributed by atoms with Gasteiger partial charge in [0.25, 0.3) is 0 Å². The largest absolute Gasteiger partial charge is 0.480 e. The van der Waals surface area contributed by atoms with E-state index in [9.17, 15) is 9.70 Å². The molecule has 0 unspecified atom stereocenters. The standard InChI is InChI=1S/C9H10N2O3/c1-7-2-4-8(5-3-7)11(10-14)6-9(12)13/h2-5H,6H2,1H3,(H,12,13). The molecular weight excluding hydrogens is 184 g/mol. The first kappa shape index (κ1) is 10.2. The molecule has 1 aromatic carbocycles. The van der Waals surface area contributed by atoms with Crippen LogP contribution in [-0.2, 0) is 4.79 Å². The highest BCUT2D eigenvalue weighted by molar-refractivity contribution is 5.73. The van der Waals surface area contributed by atoms with Crippen LogP contribution in [0.1, 0.15) is 5.56 Å². The minimum Gasteiger partial charge on any atom is -0.480 e. The Labute approximate surface area is 80.9 Å². The highest BCUT2D eigenvalue weighted by Gasteiger charge is 2.09. The third kappa shape index (κ3) is 2.55. The van der Waals surface area contributed by atoms with Crippen LogP contribution in [0.15, 0.2) is 29.6 Å². The first-order valence-electron chi connectivity index (χ1n) is 4.03. The lowest BCUT2D eigenvalue weighted by Crippen LogP contribution is -2.23. The Morgan fingerprint density at radius 1 is 1.43 bits per heavy atom. The highest BCUT2D eigenvalue weighted by atomic mass is 16.4. The number of aliphatic carboxylic acids is 1. The average molecular weight is 194 g/mol. The first-order chi connectivity index (χ1) is 6.63. The molecule has 5 heteroatoms. The summed E-state index contributed by atoms with van der Waals surface area (Å²) in [4.78, 5) is 20.7. The van der Waals surface area contributed by atoms with Crippen LogP contribution >= 0.6 is 0 Å². The molecule has 1 rings (SSSR count). The molecule has 0 fully saturated rings. The number of anilines is 1. The number of benzene rings is 1. The van der Waals surface area contributed by atoms with Crippen molar-refractivity contribution >= 4 is 11.7 Å². The van der Waals surface area contributed by atoms with E-state index in [-0.39, 0.29) is 0 Å². The van der Waals surface area contributed by atoms with Gasteiger partial charge in [-0.15, -0.1) is 4.91 Å². The van der Waals surface area contributed by atoms with E-state index < -0.39 is 12.5 Å². The van der Waals surface area contributed by atoms with E-state index in [1.54, 1.807) is 24.3 Å². The summed E-state index contributed by atoms with van der Waals surface area (Å²) in [5, 5.41) is 12.0. The molecule has 0 aliphatic rings. The summed E-state index contributed by atoms with van der Waals surface area (Å²) in [6.07, 6.45) is 0. The van der Waals surface area contributed by atoms with E-state index >= 15 is 0 Å². The number of hydrogen-bond donors (Lipinski definition) is 1. The summed E-state index contributed by atoms with van der Waals surface area (Å²) in [6.45, 7) is 1.48. The van der Waals surface area contributed by atoms with E-state index in [1.165, 1.54) is 0 Å². The number of nitroso groups, excluding NO2 is 1. The van der Waals surface area contributed by atoms with Gasteiger partial charge in [0.05, 0.1) is 11.0 Å². The van der Waals surface area contributed by atoms with Gasteiger partial charge in [0.15, 0.2) is 0 Å². The third-order valence-corrected chi connectivity index (χ3v) is 1.72. The summed E-state index contributed by atoms with van der Waals surface area (Å²) in [7, 11) is 0. The molecule has 0 atom stereocenters. The van der Waals surface area contributed by atoms with Crippen LogP contribution in [0.2, 0.25) is 0 Å². The SMILES string of the molecule is Cc1ccc(N(CC(=O)O)N=O)cc1. The average Bonchev–Trinajstić information content (AvgIpc) is 2.15. The molecule has 0 bridgehead atoms. The van der Waals surface area contributed by atoms with Crippen LogP contribution in [0.25, 0.3) is 0 Å². The number of carboxylic acids is 1. The van der Waals surface area contributed by atoms with Gasteiger partial charge in [-0.1, -0.05) is 17.7 Å². The molecule has 0 aromatic heterocycles. The van der Waals surface area contributed by atoms with Gasteiger partial charge in [-0.2, -0.15) is 0 Å². The van der Waals surface area contributed by atoms with Crippen molar-refractivity contribution in [3.8, 4) is 0 Å². The number of rotatable bonds is 4. The molecule has 0 aliphatic carbocycles. The number of aryl methyl sites for hydroxylation is 1. The van der Waals surface area contributed by atoms with Crippen molar-refractivity contribution in [3.63, 3.8) is 0 Å². The Kier molecular flexibility index (Phi) is 3.17. The third-order valence-electron chi connectivity index (χ3n) is 1.72. The maximum Gasteiger partial charge on any atom is 0.325 e. The van der Waals surface area contributed by atoms with Crippen molar-refractivity contribution in [1.82, 2.24) is 0 Å². The Balaban J connectivity index is 2.84. The second-order valence-electron chi connectivity index (χ2n) is 2.87. The van der Waals surface area contributed by atoms with Crippen molar-refractivity contribution in [2.75, 3.05) is 11.6 Å². The highest BCUT2D eigenvalue weighted by Crippen LogP contribution is 2.14. The molecule has 0 aliphatic heterocycles. The zero-order valence-electron chi connectivity index (χ0n) is 7.67. The van der Waals surface area contributed by atoms with Gasteiger partial charge < -0.3 is 5.11 Å². The Bertz CT molecular complexity index is 334. The lowest BCUT2D eigenvalue weighted by Gasteiger charge is -2.12. The fourth-order valence-electron chi connectivity index (χ4n) is 1.01. The smallest absolute Gasteiger partial charge is 0.325 e. The molecule has 0 amide bonds. The van der Waals surface area contributed by atoms with E-state index in [0.717, 1.165) is 10.6 Å². The quantitative estimate of drug-likeness (QED) is 0.583. The Hall–Kier alpha value is -1.91. The Morgan fingerprint density at radius 3 is 2.43 bits per heavy atom. The van der Waals surface area contributed by atoms with Gasteiger partial charge >= 0.3 is 5.97 Å². The second-order valence-corrected chi connectivity index (χ2v) is 2.87. The van der Waals surface area contributed by atoms with Gasteiger partial charge in [0, 0.05) is 0 Å². The van der Waals surface area contributed by atoms with Gasteiger partial charge in [0.2, 0.25) is 0 Å². The zero-order chi connectivity index (χ0) is 10.6. The first-order valence-corrected chi connectivity index (χ1v) is 4.03. The molecule has 1 aromatic rings. The van der Waals surface area contributed by atoms with Crippen LogP contribution in [0.4, 0.5) is 5.69 Å². The topological polar surface area (TPSA) is 70.0 Å². The molecular formula is C9H10N2O3. The molecule has 0 heterocycles. The molecule has 1 N–H and O–H groups in total. The maximum atomic E-state index is 10.4.